The second kappa shape index (κ2) is 6.68. The molecular weight excluding hydrogens is 321 g/mol. The van der Waals surface area contributed by atoms with Gasteiger partial charge in [0.15, 0.2) is 6.10 Å². The first-order valence-corrected chi connectivity index (χ1v) is 6.77. The molecule has 1 unspecified atom stereocenters. The van der Waals surface area contributed by atoms with Crippen LogP contribution in [0, 0.1) is 0 Å². The van der Waals surface area contributed by atoms with Gasteiger partial charge in [0, 0.05) is 23.7 Å². The number of oxazole rings is 1. The summed E-state index contributed by atoms with van der Waals surface area (Å²) in [5.74, 6) is 0.335. The lowest BCUT2D eigenvalue weighted by Crippen LogP contribution is -2.39. The molecule has 0 saturated carbocycles. The number of aromatic nitrogens is 1. The number of hydrogen-bond acceptors (Lipinski definition) is 4. The van der Waals surface area contributed by atoms with Gasteiger partial charge in [-0.1, -0.05) is 17.7 Å². The van der Waals surface area contributed by atoms with Gasteiger partial charge < -0.3 is 9.52 Å². The monoisotopic (exact) mass is 334 g/mol. The van der Waals surface area contributed by atoms with Crippen molar-refractivity contribution in [1.29, 1.82) is 0 Å². The standard InChI is InChI=1S/C14H14ClF3N2O2/c1-20(7-12(21)14(16,17)18)6-11-8-22-13(19-11)9-3-2-4-10(15)5-9/h2-5,8,12,21H,6-7H2,1H3. The van der Waals surface area contributed by atoms with Crippen molar-refractivity contribution < 1.29 is 22.7 Å². The highest BCUT2D eigenvalue weighted by Crippen LogP contribution is 2.23. The maximum atomic E-state index is 12.3. The van der Waals surface area contributed by atoms with Crippen molar-refractivity contribution >= 4 is 11.6 Å². The van der Waals surface area contributed by atoms with Crippen molar-refractivity contribution in [2.24, 2.45) is 0 Å². The smallest absolute Gasteiger partial charge is 0.415 e. The quantitative estimate of drug-likeness (QED) is 0.911. The summed E-state index contributed by atoms with van der Waals surface area (Å²) >= 11 is 5.87. The molecule has 1 N–H and O–H groups in total. The molecule has 2 rings (SSSR count). The van der Waals surface area contributed by atoms with Crippen molar-refractivity contribution in [3.63, 3.8) is 0 Å². The molecule has 0 radical (unpaired) electrons. The van der Waals surface area contributed by atoms with Crippen LogP contribution in [0.2, 0.25) is 5.02 Å². The Bertz CT molecular complexity index is 631. The minimum absolute atomic E-state index is 0.122. The molecule has 22 heavy (non-hydrogen) atoms. The molecule has 0 bridgehead atoms. The van der Waals surface area contributed by atoms with Crippen LogP contribution in [-0.4, -0.2) is 40.9 Å². The summed E-state index contributed by atoms with van der Waals surface area (Å²) in [6.07, 6.45) is -5.66. The van der Waals surface area contributed by atoms with Crippen LogP contribution in [0.1, 0.15) is 5.69 Å². The van der Waals surface area contributed by atoms with Crippen LogP contribution in [0.4, 0.5) is 13.2 Å². The van der Waals surface area contributed by atoms with E-state index in [0.29, 0.717) is 22.2 Å². The number of alkyl halides is 3. The summed E-state index contributed by atoms with van der Waals surface area (Å²) in [4.78, 5) is 5.52. The van der Waals surface area contributed by atoms with Gasteiger partial charge in [-0.05, 0) is 25.2 Å². The highest BCUT2D eigenvalue weighted by atomic mass is 35.5. The molecule has 0 aliphatic carbocycles. The van der Waals surface area contributed by atoms with E-state index in [4.69, 9.17) is 21.1 Å². The highest BCUT2D eigenvalue weighted by molar-refractivity contribution is 6.30. The third-order valence-corrected chi connectivity index (χ3v) is 3.15. The Kier molecular flexibility index (Phi) is 5.10. The van der Waals surface area contributed by atoms with Gasteiger partial charge in [-0.2, -0.15) is 13.2 Å². The molecule has 0 fully saturated rings. The minimum atomic E-state index is -4.63. The molecule has 1 atom stereocenters. The van der Waals surface area contributed by atoms with Crippen LogP contribution in [0.3, 0.4) is 0 Å². The third-order valence-electron chi connectivity index (χ3n) is 2.92. The van der Waals surface area contributed by atoms with Crippen LogP contribution in [0.25, 0.3) is 11.5 Å². The van der Waals surface area contributed by atoms with Crippen molar-refractivity contribution in [1.82, 2.24) is 9.88 Å². The molecular formula is C14H14ClF3N2O2. The number of likely N-dealkylation sites (N-methyl/N-ethyl adjacent to an activating group) is 1. The Morgan fingerprint density at radius 3 is 2.77 bits per heavy atom. The molecule has 1 aromatic carbocycles. The summed E-state index contributed by atoms with van der Waals surface area (Å²) in [6.45, 7) is -0.417. The van der Waals surface area contributed by atoms with Crippen LogP contribution >= 0.6 is 11.6 Å². The lowest BCUT2D eigenvalue weighted by molar-refractivity contribution is -0.207. The van der Waals surface area contributed by atoms with Crippen molar-refractivity contribution in [2.75, 3.05) is 13.6 Å². The molecule has 1 heterocycles. The zero-order valence-corrected chi connectivity index (χ0v) is 12.4. The van der Waals surface area contributed by atoms with Gasteiger partial charge >= 0.3 is 6.18 Å². The van der Waals surface area contributed by atoms with Crippen molar-refractivity contribution in [3.05, 3.63) is 41.2 Å². The Hall–Kier alpha value is -1.57. The summed E-state index contributed by atoms with van der Waals surface area (Å²) in [6, 6.07) is 6.89. The number of benzene rings is 1. The molecule has 4 nitrogen and oxygen atoms in total. The largest absolute Gasteiger partial charge is 0.444 e. The predicted molar refractivity (Wildman–Crippen MR) is 75.3 cm³/mol. The van der Waals surface area contributed by atoms with Gasteiger partial charge in [-0.15, -0.1) is 0 Å². The Morgan fingerprint density at radius 2 is 2.14 bits per heavy atom. The highest BCUT2D eigenvalue weighted by Gasteiger charge is 2.38. The normalized spacial score (nSPS) is 13.6. The fourth-order valence-corrected chi connectivity index (χ4v) is 2.06. The SMILES string of the molecule is CN(Cc1coc(-c2cccc(Cl)c2)n1)CC(O)C(F)(F)F. The number of hydrogen-bond donors (Lipinski definition) is 1. The second-order valence-corrected chi connectivity index (χ2v) is 5.34. The van der Waals surface area contributed by atoms with E-state index in [-0.39, 0.29) is 6.54 Å². The van der Waals surface area contributed by atoms with Gasteiger partial charge in [0.1, 0.15) is 6.26 Å². The van der Waals surface area contributed by atoms with Crippen molar-refractivity contribution in [3.8, 4) is 11.5 Å². The van der Waals surface area contributed by atoms with E-state index < -0.39 is 18.8 Å². The maximum Gasteiger partial charge on any atom is 0.415 e. The molecule has 0 spiro atoms. The first-order valence-electron chi connectivity index (χ1n) is 6.39. The van der Waals surface area contributed by atoms with E-state index in [2.05, 4.69) is 4.98 Å². The number of halogens is 4. The van der Waals surface area contributed by atoms with E-state index in [1.165, 1.54) is 18.2 Å². The van der Waals surface area contributed by atoms with Crippen LogP contribution in [-0.2, 0) is 6.54 Å². The zero-order chi connectivity index (χ0) is 16.3. The van der Waals surface area contributed by atoms with Crippen LogP contribution in [0.5, 0.6) is 0 Å². The molecule has 0 aliphatic heterocycles. The Labute approximate surface area is 130 Å². The number of nitrogens with zero attached hydrogens (tertiary/aromatic N) is 2. The van der Waals surface area contributed by atoms with E-state index in [9.17, 15) is 13.2 Å². The lowest BCUT2D eigenvalue weighted by Gasteiger charge is -2.21. The van der Waals surface area contributed by atoms with Gasteiger partial charge in [0.05, 0.1) is 5.69 Å². The number of aliphatic hydroxyl groups is 1. The Balaban J connectivity index is 2.00. The topological polar surface area (TPSA) is 49.5 Å². The third kappa shape index (κ3) is 4.46. The summed E-state index contributed by atoms with van der Waals surface area (Å²) < 4.78 is 42.2. The van der Waals surface area contributed by atoms with Gasteiger partial charge in [-0.25, -0.2) is 4.98 Å². The predicted octanol–water partition coefficient (Wildman–Crippen LogP) is 3.35. The van der Waals surface area contributed by atoms with Gasteiger partial charge in [-0.3, -0.25) is 4.90 Å². The summed E-state index contributed by atoms with van der Waals surface area (Å²) in [5, 5.41) is 9.55. The van der Waals surface area contributed by atoms with Crippen LogP contribution < -0.4 is 0 Å². The fourth-order valence-electron chi connectivity index (χ4n) is 1.87. The van der Waals surface area contributed by atoms with E-state index in [1.54, 1.807) is 24.3 Å². The van der Waals surface area contributed by atoms with Crippen molar-refractivity contribution in [2.45, 2.75) is 18.8 Å². The summed E-state index contributed by atoms with van der Waals surface area (Å²) in [7, 11) is 1.46. The van der Waals surface area contributed by atoms with E-state index in [0.717, 1.165) is 0 Å². The van der Waals surface area contributed by atoms with Crippen LogP contribution in [0.15, 0.2) is 34.9 Å². The zero-order valence-electron chi connectivity index (χ0n) is 11.6. The molecule has 0 amide bonds. The van der Waals surface area contributed by atoms with Gasteiger partial charge in [0.2, 0.25) is 5.89 Å². The number of aliphatic hydroxyl groups excluding tert-OH is 1. The maximum absolute atomic E-state index is 12.3. The molecule has 0 saturated heterocycles. The molecule has 2 aromatic rings. The van der Waals surface area contributed by atoms with Gasteiger partial charge in [0.25, 0.3) is 0 Å². The van der Waals surface area contributed by atoms with E-state index in [1.807, 2.05) is 0 Å². The minimum Gasteiger partial charge on any atom is -0.444 e. The molecule has 0 aliphatic rings. The first kappa shape index (κ1) is 16.8. The summed E-state index contributed by atoms with van der Waals surface area (Å²) in [5.41, 5.74) is 1.14. The number of rotatable bonds is 5. The average molecular weight is 335 g/mol. The first-order chi connectivity index (χ1) is 10.3. The molecule has 1 aromatic heterocycles. The molecule has 8 heteroatoms. The van der Waals surface area contributed by atoms with E-state index >= 15 is 0 Å². The average Bonchev–Trinajstić information content (AvgIpc) is 2.86. The lowest BCUT2D eigenvalue weighted by atomic mass is 10.2. The fraction of sp³-hybridized carbons (Fsp3) is 0.357. The second-order valence-electron chi connectivity index (χ2n) is 4.91. The molecule has 120 valence electrons. The Morgan fingerprint density at radius 1 is 1.41 bits per heavy atom.